The molecule has 1 aromatic carbocycles. The number of nitrogens with zero attached hydrogens (tertiary/aromatic N) is 3. The first kappa shape index (κ1) is 12.1. The number of carbonyl (C=O) groups excluding carboxylic acids is 1. The molecule has 0 fully saturated rings. The average molecular weight is 243 g/mol. The Morgan fingerprint density at radius 2 is 2.33 bits per heavy atom. The van der Waals surface area contributed by atoms with Crippen molar-refractivity contribution < 1.29 is 9.21 Å². The normalized spacial score (nSPS) is 10.3. The van der Waals surface area contributed by atoms with E-state index in [1.807, 2.05) is 18.2 Å². The van der Waals surface area contributed by atoms with E-state index in [1.165, 1.54) is 4.90 Å². The highest BCUT2D eigenvalue weighted by Crippen LogP contribution is 2.17. The molecule has 1 heterocycles. The summed E-state index contributed by atoms with van der Waals surface area (Å²) in [5.74, 6) is 0.118. The molecule has 0 aliphatic carbocycles. The number of hydrogen-bond acceptors (Lipinski definition) is 4. The molecule has 0 atom stereocenters. The molecule has 1 aromatic heterocycles. The van der Waals surface area contributed by atoms with Gasteiger partial charge >= 0.3 is 5.91 Å². The summed E-state index contributed by atoms with van der Waals surface area (Å²) in [4.78, 5) is 16.7. The van der Waals surface area contributed by atoms with Gasteiger partial charge in [0.25, 0.3) is 0 Å². The number of benzene rings is 1. The summed E-state index contributed by atoms with van der Waals surface area (Å²) in [6.45, 7) is 2.31. The summed E-state index contributed by atoms with van der Waals surface area (Å²) in [5, 5.41) is 8.48. The second-order valence-corrected chi connectivity index (χ2v) is 4.12. The van der Waals surface area contributed by atoms with Crippen molar-refractivity contribution in [2.24, 2.45) is 0 Å². The number of nitriles is 1. The predicted octanol–water partition coefficient (Wildman–Crippen LogP) is 1.66. The number of hydrogen-bond donors (Lipinski definition) is 0. The highest BCUT2D eigenvalue weighted by atomic mass is 16.3. The third-order valence-corrected chi connectivity index (χ3v) is 2.74. The molecule has 2 rings (SSSR count). The molecule has 2 aromatic rings. The lowest BCUT2D eigenvalue weighted by molar-refractivity contribution is -0.124. The molecule has 0 saturated carbocycles. The van der Waals surface area contributed by atoms with Crippen LogP contribution >= 0.6 is 0 Å². The largest absolute Gasteiger partial charge is 0.441 e. The van der Waals surface area contributed by atoms with Gasteiger partial charge in [-0.1, -0.05) is 6.07 Å². The van der Waals surface area contributed by atoms with Crippen molar-refractivity contribution >= 4 is 17.0 Å². The molecule has 5 nitrogen and oxygen atoms in total. The van der Waals surface area contributed by atoms with Gasteiger partial charge in [-0.2, -0.15) is 5.26 Å². The molecule has 0 spiro atoms. The molecular formula is C13H13N3O2. The van der Waals surface area contributed by atoms with E-state index < -0.39 is 5.91 Å². The Hall–Kier alpha value is -2.35. The molecule has 0 unspecified atom stereocenters. The number of aromatic nitrogens is 1. The average Bonchev–Trinajstić information content (AvgIpc) is 2.74. The summed E-state index contributed by atoms with van der Waals surface area (Å²) in [6.07, 6.45) is 0.686. The van der Waals surface area contributed by atoms with Crippen LogP contribution in [0.25, 0.3) is 11.1 Å². The Bertz CT molecular complexity index is 625. The second-order valence-electron chi connectivity index (χ2n) is 4.12. The van der Waals surface area contributed by atoms with E-state index >= 15 is 0 Å². The van der Waals surface area contributed by atoms with Gasteiger partial charge in [0.15, 0.2) is 17.5 Å². The monoisotopic (exact) mass is 243 g/mol. The quantitative estimate of drug-likeness (QED) is 0.769. The van der Waals surface area contributed by atoms with E-state index in [9.17, 15) is 4.79 Å². The fraction of sp³-hybridized carbons (Fsp3) is 0.308. The standard InChI is InChI=1S/C13H13N3O2/c1-9-15-11-7-10(3-4-12(11)18-9)5-6-16(2)13(17)8-14/h3-4,7H,5-6H2,1-2H3. The van der Waals surface area contributed by atoms with Crippen LogP contribution in [0.3, 0.4) is 0 Å². The van der Waals surface area contributed by atoms with E-state index in [0.717, 1.165) is 16.7 Å². The van der Waals surface area contributed by atoms with E-state index in [2.05, 4.69) is 4.98 Å². The summed E-state index contributed by atoms with van der Waals surface area (Å²) < 4.78 is 5.39. The zero-order valence-electron chi connectivity index (χ0n) is 10.3. The first-order chi connectivity index (χ1) is 8.60. The van der Waals surface area contributed by atoms with Crippen molar-refractivity contribution in [2.45, 2.75) is 13.3 Å². The number of fused-ring (bicyclic) bond motifs is 1. The third-order valence-electron chi connectivity index (χ3n) is 2.74. The number of rotatable bonds is 3. The van der Waals surface area contributed by atoms with Crippen molar-refractivity contribution in [3.8, 4) is 6.07 Å². The van der Waals surface area contributed by atoms with Gasteiger partial charge in [0.1, 0.15) is 5.52 Å². The van der Waals surface area contributed by atoms with E-state index in [4.69, 9.17) is 9.68 Å². The smallest absolute Gasteiger partial charge is 0.324 e. The second kappa shape index (κ2) is 4.88. The van der Waals surface area contributed by atoms with Crippen molar-refractivity contribution in [1.82, 2.24) is 9.88 Å². The lowest BCUT2D eigenvalue weighted by atomic mass is 10.1. The Morgan fingerprint density at radius 1 is 1.56 bits per heavy atom. The number of aryl methyl sites for hydroxylation is 1. The van der Waals surface area contributed by atoms with Crippen LogP contribution in [0.4, 0.5) is 0 Å². The van der Waals surface area contributed by atoms with Gasteiger partial charge in [0.2, 0.25) is 0 Å². The highest BCUT2D eigenvalue weighted by Gasteiger charge is 2.08. The molecule has 92 valence electrons. The predicted molar refractivity (Wildman–Crippen MR) is 65.7 cm³/mol. The van der Waals surface area contributed by atoms with Crippen LogP contribution in [-0.4, -0.2) is 29.4 Å². The number of carbonyl (C=O) groups is 1. The minimum absolute atomic E-state index is 0.509. The molecule has 0 bridgehead atoms. The van der Waals surface area contributed by atoms with Crippen LogP contribution in [-0.2, 0) is 11.2 Å². The van der Waals surface area contributed by atoms with Crippen LogP contribution in [0, 0.1) is 18.3 Å². The zero-order valence-corrected chi connectivity index (χ0v) is 10.3. The highest BCUT2D eigenvalue weighted by molar-refractivity contribution is 5.90. The lowest BCUT2D eigenvalue weighted by Crippen LogP contribution is -2.27. The van der Waals surface area contributed by atoms with Crippen molar-refractivity contribution in [1.29, 1.82) is 5.26 Å². The molecular weight excluding hydrogens is 230 g/mol. The Kier molecular flexibility index (Phi) is 3.28. The van der Waals surface area contributed by atoms with Crippen LogP contribution < -0.4 is 0 Å². The van der Waals surface area contributed by atoms with Crippen molar-refractivity contribution in [3.63, 3.8) is 0 Å². The molecule has 0 aliphatic heterocycles. The maximum atomic E-state index is 11.1. The van der Waals surface area contributed by atoms with Crippen LogP contribution in [0.2, 0.25) is 0 Å². The fourth-order valence-electron chi connectivity index (χ4n) is 1.73. The third kappa shape index (κ3) is 2.48. The van der Waals surface area contributed by atoms with E-state index in [0.29, 0.717) is 18.9 Å². The Labute approximate surface area is 105 Å². The summed E-state index contributed by atoms with van der Waals surface area (Å²) in [5.41, 5.74) is 2.64. The molecule has 5 heteroatoms. The van der Waals surface area contributed by atoms with Gasteiger partial charge in [0.05, 0.1) is 0 Å². The maximum Gasteiger partial charge on any atom is 0.324 e. The zero-order chi connectivity index (χ0) is 13.1. The van der Waals surface area contributed by atoms with Gasteiger partial charge in [0, 0.05) is 20.5 Å². The topological polar surface area (TPSA) is 70.1 Å². The number of amides is 1. The minimum atomic E-state index is -0.520. The minimum Gasteiger partial charge on any atom is -0.441 e. The molecule has 1 amide bonds. The molecule has 0 saturated heterocycles. The first-order valence-corrected chi connectivity index (χ1v) is 5.61. The van der Waals surface area contributed by atoms with Gasteiger partial charge in [-0.15, -0.1) is 0 Å². The molecule has 0 radical (unpaired) electrons. The van der Waals surface area contributed by atoms with Crippen molar-refractivity contribution in [2.75, 3.05) is 13.6 Å². The maximum absolute atomic E-state index is 11.1. The van der Waals surface area contributed by atoms with Crippen LogP contribution in [0.1, 0.15) is 11.5 Å². The summed E-state index contributed by atoms with van der Waals surface area (Å²) in [7, 11) is 1.62. The summed E-state index contributed by atoms with van der Waals surface area (Å²) in [6, 6.07) is 7.35. The number of oxazole rings is 1. The first-order valence-electron chi connectivity index (χ1n) is 5.61. The van der Waals surface area contributed by atoms with Crippen LogP contribution in [0.5, 0.6) is 0 Å². The van der Waals surface area contributed by atoms with Crippen molar-refractivity contribution in [3.05, 3.63) is 29.7 Å². The van der Waals surface area contributed by atoms with Gasteiger partial charge in [-0.05, 0) is 24.1 Å². The van der Waals surface area contributed by atoms with Crippen LogP contribution in [0.15, 0.2) is 22.6 Å². The Balaban J connectivity index is 2.08. The van der Waals surface area contributed by atoms with Gasteiger partial charge in [-0.25, -0.2) is 4.98 Å². The fourth-order valence-corrected chi connectivity index (χ4v) is 1.73. The molecule has 0 N–H and O–H groups in total. The van der Waals surface area contributed by atoms with E-state index in [-0.39, 0.29) is 0 Å². The summed E-state index contributed by atoms with van der Waals surface area (Å²) >= 11 is 0. The molecule has 18 heavy (non-hydrogen) atoms. The molecule has 0 aliphatic rings. The SMILES string of the molecule is Cc1nc2cc(CCN(C)C(=O)C#N)ccc2o1. The lowest BCUT2D eigenvalue weighted by Gasteiger charge is -2.12. The van der Waals surface area contributed by atoms with Gasteiger partial charge < -0.3 is 9.32 Å². The number of likely N-dealkylation sites (N-methyl/N-ethyl adjacent to an activating group) is 1. The van der Waals surface area contributed by atoms with E-state index in [1.54, 1.807) is 20.0 Å². The Morgan fingerprint density at radius 3 is 3.06 bits per heavy atom. The van der Waals surface area contributed by atoms with Gasteiger partial charge in [-0.3, -0.25) is 4.79 Å².